The molecule has 0 radical (unpaired) electrons. The molecule has 6 heteroatoms. The average molecular weight is 388 g/mol. The van der Waals surface area contributed by atoms with Crippen molar-refractivity contribution in [1.29, 1.82) is 0 Å². The Bertz CT molecular complexity index is 634. The normalized spacial score (nSPS) is 10.2. The van der Waals surface area contributed by atoms with Gasteiger partial charge in [0.2, 0.25) is 0 Å². The van der Waals surface area contributed by atoms with Crippen molar-refractivity contribution in [2.75, 3.05) is 16.9 Å². The first kappa shape index (κ1) is 15.6. The van der Waals surface area contributed by atoms with Crippen LogP contribution in [0.2, 0.25) is 5.02 Å². The van der Waals surface area contributed by atoms with Crippen LogP contribution in [-0.4, -0.2) is 11.4 Å². The zero-order chi connectivity index (χ0) is 14.5. The van der Waals surface area contributed by atoms with Crippen LogP contribution in [0, 0.1) is 0 Å². The van der Waals surface area contributed by atoms with Crippen LogP contribution in [0.3, 0.4) is 0 Å². The number of thiocarbonyl (C=S) groups is 1. The second-order valence-corrected chi connectivity index (χ2v) is 6.48. The zero-order valence-electron chi connectivity index (χ0n) is 10.6. The number of halogens is 2. The number of para-hydroxylation sites is 1. The number of rotatable bonds is 3. The Hall–Kier alpha value is -0.750. The number of benzene rings is 2. The number of thioether (sulfide) groups is 1. The predicted molar refractivity (Wildman–Crippen MR) is 97.2 cm³/mol. The third kappa shape index (κ3) is 4.12. The SMILES string of the molecule is CSc1ccccc1NC(=S)Nc1ccc(Br)cc1Cl. The lowest BCUT2D eigenvalue weighted by atomic mass is 10.3. The van der Waals surface area contributed by atoms with Crippen molar-refractivity contribution >= 4 is 68.0 Å². The average Bonchev–Trinajstić information content (AvgIpc) is 2.42. The Kier molecular flexibility index (Phi) is 5.72. The Morgan fingerprint density at radius 1 is 1.15 bits per heavy atom. The van der Waals surface area contributed by atoms with Crippen molar-refractivity contribution in [3.8, 4) is 0 Å². The van der Waals surface area contributed by atoms with Gasteiger partial charge >= 0.3 is 0 Å². The minimum atomic E-state index is 0.510. The van der Waals surface area contributed by atoms with Crippen LogP contribution in [0.4, 0.5) is 11.4 Å². The summed E-state index contributed by atoms with van der Waals surface area (Å²) in [5, 5.41) is 7.40. The van der Waals surface area contributed by atoms with E-state index in [1.807, 2.05) is 48.7 Å². The molecule has 104 valence electrons. The third-order valence-corrected chi connectivity index (χ3v) is 4.34. The lowest BCUT2D eigenvalue weighted by Gasteiger charge is -2.14. The van der Waals surface area contributed by atoms with Crippen LogP contribution in [0.15, 0.2) is 51.8 Å². The van der Waals surface area contributed by atoms with Gasteiger partial charge in [0.1, 0.15) is 0 Å². The summed E-state index contributed by atoms with van der Waals surface area (Å²) < 4.78 is 0.930. The standard InChI is InChI=1S/C14H12BrClN2S2/c1-20-13-5-3-2-4-12(13)18-14(19)17-11-7-6-9(15)8-10(11)16/h2-8H,1H3,(H2,17,18,19). The Morgan fingerprint density at radius 2 is 1.85 bits per heavy atom. The first-order valence-corrected chi connectivity index (χ1v) is 8.56. The van der Waals surface area contributed by atoms with E-state index in [0.29, 0.717) is 10.1 Å². The molecular formula is C14H12BrClN2S2. The topological polar surface area (TPSA) is 24.1 Å². The van der Waals surface area contributed by atoms with Crippen molar-refractivity contribution in [2.24, 2.45) is 0 Å². The Balaban J connectivity index is 2.09. The summed E-state index contributed by atoms with van der Waals surface area (Å²) in [5.41, 5.74) is 1.75. The molecule has 0 heterocycles. The van der Waals surface area contributed by atoms with Crippen LogP contribution in [0.5, 0.6) is 0 Å². The van der Waals surface area contributed by atoms with Crippen LogP contribution in [0.25, 0.3) is 0 Å². The molecule has 0 atom stereocenters. The first-order valence-electron chi connectivity index (χ1n) is 5.76. The van der Waals surface area contributed by atoms with Crippen molar-refractivity contribution < 1.29 is 0 Å². The molecule has 0 spiro atoms. The second kappa shape index (κ2) is 7.31. The zero-order valence-corrected chi connectivity index (χ0v) is 14.6. The summed E-state index contributed by atoms with van der Waals surface area (Å²) in [7, 11) is 0. The quantitative estimate of drug-likeness (QED) is 0.526. The number of anilines is 2. The van der Waals surface area contributed by atoms with E-state index in [4.69, 9.17) is 23.8 Å². The van der Waals surface area contributed by atoms with Gasteiger partial charge in [-0.1, -0.05) is 39.7 Å². The molecule has 2 rings (SSSR count). The summed E-state index contributed by atoms with van der Waals surface area (Å²) in [6, 6.07) is 13.6. The highest BCUT2D eigenvalue weighted by molar-refractivity contribution is 9.10. The van der Waals surface area contributed by atoms with Crippen molar-refractivity contribution in [2.45, 2.75) is 4.90 Å². The molecular weight excluding hydrogens is 376 g/mol. The fourth-order valence-corrected chi connectivity index (χ4v) is 3.11. The Labute approximate surface area is 141 Å². The second-order valence-electron chi connectivity index (χ2n) is 3.90. The van der Waals surface area contributed by atoms with Crippen molar-refractivity contribution in [3.63, 3.8) is 0 Å². The maximum atomic E-state index is 6.15. The summed E-state index contributed by atoms with van der Waals surface area (Å²) in [5.74, 6) is 0. The predicted octanol–water partition coefficient (Wildman–Crippen LogP) is 5.63. The lowest BCUT2D eigenvalue weighted by Crippen LogP contribution is -2.19. The lowest BCUT2D eigenvalue weighted by molar-refractivity contribution is 1.44. The van der Waals surface area contributed by atoms with Crippen LogP contribution in [0.1, 0.15) is 0 Å². The molecule has 0 aliphatic carbocycles. The molecule has 2 aromatic rings. The molecule has 0 aromatic heterocycles. The van der Waals surface area contributed by atoms with E-state index in [9.17, 15) is 0 Å². The highest BCUT2D eigenvalue weighted by Crippen LogP contribution is 2.27. The van der Waals surface area contributed by atoms with Crippen molar-refractivity contribution in [1.82, 2.24) is 0 Å². The largest absolute Gasteiger partial charge is 0.332 e. The minimum Gasteiger partial charge on any atom is -0.332 e. The van der Waals surface area contributed by atoms with E-state index in [0.717, 1.165) is 20.7 Å². The van der Waals surface area contributed by atoms with Gasteiger partial charge in [0, 0.05) is 9.37 Å². The van der Waals surface area contributed by atoms with E-state index >= 15 is 0 Å². The minimum absolute atomic E-state index is 0.510. The summed E-state index contributed by atoms with van der Waals surface area (Å²) >= 11 is 16.5. The molecule has 0 unspecified atom stereocenters. The smallest absolute Gasteiger partial charge is 0.175 e. The van der Waals surface area contributed by atoms with E-state index in [2.05, 4.69) is 26.6 Å². The van der Waals surface area contributed by atoms with E-state index in [1.165, 1.54) is 0 Å². The van der Waals surface area contributed by atoms with Gasteiger partial charge in [-0.3, -0.25) is 0 Å². The molecule has 0 fully saturated rings. The first-order chi connectivity index (χ1) is 9.60. The summed E-state index contributed by atoms with van der Waals surface area (Å²) in [6.07, 6.45) is 2.03. The van der Waals surface area contributed by atoms with E-state index in [1.54, 1.807) is 11.8 Å². The van der Waals surface area contributed by atoms with Gasteiger partial charge in [0.05, 0.1) is 16.4 Å². The summed E-state index contributed by atoms with van der Waals surface area (Å²) in [4.78, 5) is 1.14. The highest BCUT2D eigenvalue weighted by Gasteiger charge is 2.06. The molecule has 0 saturated heterocycles. The summed E-state index contributed by atoms with van der Waals surface area (Å²) in [6.45, 7) is 0. The maximum absolute atomic E-state index is 6.15. The van der Waals surface area contributed by atoms with Crippen LogP contribution in [-0.2, 0) is 0 Å². The van der Waals surface area contributed by atoms with Gasteiger partial charge in [-0.05, 0) is 48.8 Å². The van der Waals surface area contributed by atoms with Gasteiger partial charge in [-0.25, -0.2) is 0 Å². The molecule has 0 amide bonds. The molecule has 20 heavy (non-hydrogen) atoms. The van der Waals surface area contributed by atoms with E-state index < -0.39 is 0 Å². The molecule has 0 aliphatic rings. The molecule has 2 nitrogen and oxygen atoms in total. The molecule has 0 saturated carbocycles. The monoisotopic (exact) mass is 386 g/mol. The van der Waals surface area contributed by atoms with Crippen LogP contribution >= 0.6 is 51.5 Å². The third-order valence-electron chi connectivity index (χ3n) is 2.53. The number of hydrogen-bond acceptors (Lipinski definition) is 2. The molecule has 2 aromatic carbocycles. The van der Waals surface area contributed by atoms with Gasteiger partial charge in [0.25, 0.3) is 0 Å². The Morgan fingerprint density at radius 3 is 2.55 bits per heavy atom. The number of nitrogens with one attached hydrogen (secondary N) is 2. The van der Waals surface area contributed by atoms with Gasteiger partial charge < -0.3 is 10.6 Å². The van der Waals surface area contributed by atoms with Gasteiger partial charge in [-0.15, -0.1) is 11.8 Å². The van der Waals surface area contributed by atoms with E-state index in [-0.39, 0.29) is 0 Å². The molecule has 2 N–H and O–H groups in total. The van der Waals surface area contributed by atoms with Gasteiger partial charge in [0.15, 0.2) is 5.11 Å². The number of hydrogen-bond donors (Lipinski definition) is 2. The molecule has 0 aliphatic heterocycles. The fourth-order valence-electron chi connectivity index (χ4n) is 1.61. The van der Waals surface area contributed by atoms with Crippen molar-refractivity contribution in [3.05, 3.63) is 52.0 Å². The van der Waals surface area contributed by atoms with Gasteiger partial charge in [-0.2, -0.15) is 0 Å². The fraction of sp³-hybridized carbons (Fsp3) is 0.0714. The highest BCUT2D eigenvalue weighted by atomic mass is 79.9. The maximum Gasteiger partial charge on any atom is 0.175 e. The molecule has 0 bridgehead atoms. The van der Waals surface area contributed by atoms with Crippen LogP contribution < -0.4 is 10.6 Å².